The summed E-state index contributed by atoms with van der Waals surface area (Å²) in [5.41, 5.74) is 3.77. The smallest absolute Gasteiger partial charge is 0.00877 e. The summed E-state index contributed by atoms with van der Waals surface area (Å²) in [6, 6.07) is 0. The Morgan fingerprint density at radius 3 is 2.40 bits per heavy atom. The van der Waals surface area contributed by atoms with Gasteiger partial charge in [0, 0.05) is 5.92 Å². The Balaban J connectivity index is 1.79. The van der Waals surface area contributed by atoms with Crippen molar-refractivity contribution in [3.05, 3.63) is 11.1 Å². The van der Waals surface area contributed by atoms with Gasteiger partial charge in [-0.1, -0.05) is 31.4 Å². The molecule has 0 aromatic rings. The summed E-state index contributed by atoms with van der Waals surface area (Å²) in [6.45, 7) is 4.75. The maximum Gasteiger partial charge on any atom is 0.00877 e. The molecule has 0 saturated heterocycles. The average molecular weight is 134 g/mol. The van der Waals surface area contributed by atoms with Crippen LogP contribution in [0.5, 0.6) is 0 Å². The first kappa shape index (κ1) is 5.40. The van der Waals surface area contributed by atoms with Gasteiger partial charge in [0.15, 0.2) is 0 Å². The van der Waals surface area contributed by atoms with Gasteiger partial charge in [0.2, 0.25) is 0 Å². The van der Waals surface area contributed by atoms with Crippen LogP contribution in [0, 0.1) is 23.7 Å². The number of hydrogen-bond acceptors (Lipinski definition) is 0. The molecular weight excluding hydrogens is 120 g/mol. The molecule has 54 valence electrons. The van der Waals surface area contributed by atoms with Crippen molar-refractivity contribution in [1.82, 2.24) is 0 Å². The molecule has 0 aromatic heterocycles. The van der Waals surface area contributed by atoms with Crippen LogP contribution in [0.15, 0.2) is 11.1 Å². The quantitative estimate of drug-likeness (QED) is 0.509. The summed E-state index contributed by atoms with van der Waals surface area (Å²) in [7, 11) is 0. The van der Waals surface area contributed by atoms with Gasteiger partial charge in [-0.3, -0.25) is 0 Å². The highest BCUT2D eigenvalue weighted by Gasteiger charge is 2.72. The third kappa shape index (κ3) is 0.372. The lowest BCUT2D eigenvalue weighted by molar-refractivity contribution is 0.395. The Morgan fingerprint density at radius 2 is 2.00 bits per heavy atom. The van der Waals surface area contributed by atoms with Gasteiger partial charge in [0.1, 0.15) is 0 Å². The van der Waals surface area contributed by atoms with E-state index in [2.05, 4.69) is 13.8 Å². The van der Waals surface area contributed by atoms with Crippen LogP contribution in [0.3, 0.4) is 0 Å². The molecule has 0 radical (unpaired) electrons. The van der Waals surface area contributed by atoms with E-state index in [0.717, 1.165) is 23.7 Å². The molecule has 4 rings (SSSR count). The third-order valence-electron chi connectivity index (χ3n) is 3.75. The van der Waals surface area contributed by atoms with Gasteiger partial charge >= 0.3 is 0 Å². The SMILES string of the molecule is CCC[C@@H]1C(C)C2=C3C2C31. The molecule has 0 N–H and O–H groups in total. The number of fused-ring (bicyclic) bond motifs is 1. The maximum atomic E-state index is 2.43. The molecule has 0 aliphatic heterocycles. The molecule has 0 aromatic carbocycles. The van der Waals surface area contributed by atoms with Gasteiger partial charge in [-0.2, -0.15) is 0 Å². The van der Waals surface area contributed by atoms with E-state index in [1.807, 2.05) is 11.1 Å². The molecule has 2 saturated carbocycles. The summed E-state index contributed by atoms with van der Waals surface area (Å²) < 4.78 is 0. The van der Waals surface area contributed by atoms with Crippen LogP contribution in [0.2, 0.25) is 0 Å². The van der Waals surface area contributed by atoms with Gasteiger partial charge in [-0.25, -0.2) is 0 Å². The number of rotatable bonds is 2. The first-order valence-electron chi connectivity index (χ1n) is 4.60. The second-order valence-electron chi connectivity index (χ2n) is 4.16. The van der Waals surface area contributed by atoms with E-state index in [1.54, 1.807) is 0 Å². The maximum absolute atomic E-state index is 2.43. The van der Waals surface area contributed by atoms with Crippen LogP contribution in [0.4, 0.5) is 0 Å². The highest BCUT2D eigenvalue weighted by atomic mass is 14.8. The monoisotopic (exact) mass is 134 g/mol. The fourth-order valence-electron chi connectivity index (χ4n) is 3.18. The first-order chi connectivity index (χ1) is 4.86. The molecule has 0 spiro atoms. The fraction of sp³-hybridized carbons (Fsp3) is 0.800. The lowest BCUT2D eigenvalue weighted by Crippen LogP contribution is -2.04. The Labute approximate surface area is 62.3 Å². The lowest BCUT2D eigenvalue weighted by Gasteiger charge is -2.11. The van der Waals surface area contributed by atoms with Crippen molar-refractivity contribution in [2.75, 3.05) is 0 Å². The fourth-order valence-corrected chi connectivity index (χ4v) is 3.18. The summed E-state index contributed by atoms with van der Waals surface area (Å²) in [5, 5.41) is 0. The molecule has 2 fully saturated rings. The van der Waals surface area contributed by atoms with Gasteiger partial charge < -0.3 is 0 Å². The zero-order valence-electron chi connectivity index (χ0n) is 6.72. The normalized spacial score (nSPS) is 53.4. The van der Waals surface area contributed by atoms with Crippen molar-refractivity contribution < 1.29 is 0 Å². The van der Waals surface area contributed by atoms with E-state index in [0.29, 0.717) is 0 Å². The van der Waals surface area contributed by atoms with Crippen LogP contribution in [-0.4, -0.2) is 0 Å². The molecule has 2 bridgehead atoms. The predicted octanol–water partition coefficient (Wildman–Crippen LogP) is 2.61. The second-order valence-corrected chi connectivity index (χ2v) is 4.16. The van der Waals surface area contributed by atoms with Crippen LogP contribution in [-0.2, 0) is 0 Å². The van der Waals surface area contributed by atoms with E-state index in [1.165, 1.54) is 12.8 Å². The highest BCUT2D eigenvalue weighted by Crippen LogP contribution is 2.80. The summed E-state index contributed by atoms with van der Waals surface area (Å²) >= 11 is 0. The van der Waals surface area contributed by atoms with Crippen molar-refractivity contribution in [3.8, 4) is 0 Å². The van der Waals surface area contributed by atoms with Crippen molar-refractivity contribution >= 4 is 0 Å². The molecule has 4 atom stereocenters. The third-order valence-corrected chi connectivity index (χ3v) is 3.75. The van der Waals surface area contributed by atoms with Crippen LogP contribution in [0.1, 0.15) is 26.7 Å². The van der Waals surface area contributed by atoms with E-state index in [4.69, 9.17) is 0 Å². The summed E-state index contributed by atoms with van der Waals surface area (Å²) in [6.07, 6.45) is 2.87. The van der Waals surface area contributed by atoms with Gasteiger partial charge in [0.05, 0.1) is 0 Å². The van der Waals surface area contributed by atoms with Gasteiger partial charge in [0.25, 0.3) is 0 Å². The molecule has 0 heteroatoms. The summed E-state index contributed by atoms with van der Waals surface area (Å²) in [4.78, 5) is 0. The van der Waals surface area contributed by atoms with Crippen molar-refractivity contribution in [2.45, 2.75) is 26.7 Å². The van der Waals surface area contributed by atoms with Crippen molar-refractivity contribution in [2.24, 2.45) is 23.7 Å². The average Bonchev–Trinajstić information content (AvgIpc) is 2.69. The number of allylic oxidation sites excluding steroid dienone is 2. The molecule has 0 amide bonds. The van der Waals surface area contributed by atoms with Crippen LogP contribution in [0.25, 0.3) is 0 Å². The Kier molecular flexibility index (Phi) is 0.725. The highest BCUT2D eigenvalue weighted by molar-refractivity contribution is 5.66. The summed E-state index contributed by atoms with van der Waals surface area (Å²) in [5.74, 6) is 4.28. The molecule has 0 heterocycles. The molecule has 0 nitrogen and oxygen atoms in total. The van der Waals surface area contributed by atoms with E-state index in [-0.39, 0.29) is 0 Å². The van der Waals surface area contributed by atoms with Crippen molar-refractivity contribution in [3.63, 3.8) is 0 Å². The Morgan fingerprint density at radius 1 is 1.30 bits per heavy atom. The minimum Gasteiger partial charge on any atom is -0.0654 e. The Bertz CT molecular complexity index is 224. The lowest BCUT2D eigenvalue weighted by atomic mass is 9.93. The predicted molar refractivity (Wildman–Crippen MR) is 41.6 cm³/mol. The second kappa shape index (κ2) is 1.34. The van der Waals surface area contributed by atoms with Crippen LogP contribution < -0.4 is 0 Å². The molecule has 3 unspecified atom stereocenters. The van der Waals surface area contributed by atoms with Crippen molar-refractivity contribution in [1.29, 1.82) is 0 Å². The van der Waals surface area contributed by atoms with E-state index < -0.39 is 0 Å². The minimum atomic E-state index is 0.991. The first-order valence-corrected chi connectivity index (χ1v) is 4.60. The van der Waals surface area contributed by atoms with Crippen LogP contribution >= 0.6 is 0 Å². The molecule has 10 heavy (non-hydrogen) atoms. The van der Waals surface area contributed by atoms with Gasteiger partial charge in [-0.15, -0.1) is 0 Å². The Hall–Kier alpha value is -0.260. The standard InChI is InChI=1S/C10H14/c1-3-4-6-5(2)7-9-8(6)10(7)9/h5-6,8-9H,3-4H2,1-2H3/t5?,6-,8?,9?/m1/s1. The van der Waals surface area contributed by atoms with E-state index in [9.17, 15) is 0 Å². The number of hydrogen-bond donors (Lipinski definition) is 0. The minimum absolute atomic E-state index is 0.991. The zero-order valence-corrected chi connectivity index (χ0v) is 6.72. The molecule has 4 aliphatic carbocycles. The molecular formula is C10H14. The largest absolute Gasteiger partial charge is 0.0654 e. The topological polar surface area (TPSA) is 0 Å². The van der Waals surface area contributed by atoms with E-state index >= 15 is 0 Å². The molecule has 4 aliphatic rings. The van der Waals surface area contributed by atoms with Gasteiger partial charge in [-0.05, 0) is 24.2 Å². The zero-order chi connectivity index (χ0) is 6.88.